The molecule has 0 saturated heterocycles. The summed E-state index contributed by atoms with van der Waals surface area (Å²) in [5.41, 5.74) is 3.07. The molecule has 0 N–H and O–H groups in total. The van der Waals surface area contributed by atoms with Crippen molar-refractivity contribution in [3.05, 3.63) is 70.4 Å². The molecule has 0 unspecified atom stereocenters. The summed E-state index contributed by atoms with van der Waals surface area (Å²) in [6, 6.07) is 10.5. The van der Waals surface area contributed by atoms with Crippen molar-refractivity contribution in [1.29, 1.82) is 5.26 Å². The number of ether oxygens (including phenoxy) is 1. The van der Waals surface area contributed by atoms with E-state index in [0.29, 0.717) is 6.42 Å². The molecule has 1 aromatic carbocycles. The first-order valence-electron chi connectivity index (χ1n) is 10.1. The Morgan fingerprint density at radius 1 is 1.21 bits per heavy atom. The van der Waals surface area contributed by atoms with E-state index in [1.807, 2.05) is 24.3 Å². The minimum atomic E-state index is -0.247. The van der Waals surface area contributed by atoms with Crippen LogP contribution in [0.3, 0.4) is 0 Å². The van der Waals surface area contributed by atoms with Gasteiger partial charge < -0.3 is 9.64 Å². The van der Waals surface area contributed by atoms with E-state index in [1.54, 1.807) is 0 Å². The minimum absolute atomic E-state index is 0.184. The molecule has 0 aromatic heterocycles. The molecule has 1 saturated carbocycles. The van der Waals surface area contributed by atoms with Gasteiger partial charge in [0, 0.05) is 25.2 Å². The number of hydrogen-bond donors (Lipinski definition) is 0. The molecule has 1 aliphatic carbocycles. The molecule has 3 rings (SSSR count). The summed E-state index contributed by atoms with van der Waals surface area (Å²) in [6.45, 7) is 13.6. The molecule has 1 aliphatic heterocycles. The van der Waals surface area contributed by atoms with Crippen LogP contribution >= 0.6 is 0 Å². The fraction of sp³-hybridized carbons (Fsp3) is 0.417. The zero-order valence-corrected chi connectivity index (χ0v) is 16.7. The Morgan fingerprint density at radius 3 is 2.46 bits per heavy atom. The van der Waals surface area contributed by atoms with Gasteiger partial charge in [-0.3, -0.25) is 0 Å². The molecule has 1 heterocycles. The minimum Gasteiger partial charge on any atom is -0.487 e. The van der Waals surface area contributed by atoms with Crippen LogP contribution in [-0.2, 0) is 4.74 Å². The molecule has 0 radical (unpaired) electrons. The first-order chi connectivity index (χ1) is 13.6. The second-order valence-corrected chi connectivity index (χ2v) is 7.41. The maximum absolute atomic E-state index is 9.30. The van der Waals surface area contributed by atoms with Crippen LogP contribution in [0.25, 0.3) is 10.9 Å². The lowest BCUT2D eigenvalue weighted by Gasteiger charge is -2.35. The summed E-state index contributed by atoms with van der Waals surface area (Å²) in [4.78, 5) is 5.73. The van der Waals surface area contributed by atoms with Crippen molar-refractivity contribution in [2.24, 2.45) is 0 Å². The zero-order chi connectivity index (χ0) is 20.0. The van der Waals surface area contributed by atoms with Crippen LogP contribution in [0.1, 0.15) is 51.5 Å². The number of nitriles is 1. The van der Waals surface area contributed by atoms with Gasteiger partial charge in [0.05, 0.1) is 12.6 Å². The Kier molecular flexibility index (Phi) is 6.22. The first kappa shape index (κ1) is 19.8. The second-order valence-electron chi connectivity index (χ2n) is 7.41. The first-order valence-corrected chi connectivity index (χ1v) is 10.1. The molecular weight excluding hydrogens is 346 g/mol. The van der Waals surface area contributed by atoms with Gasteiger partial charge in [-0.15, -0.1) is 0 Å². The highest BCUT2D eigenvalue weighted by Gasteiger charge is 2.39. The highest BCUT2D eigenvalue weighted by Crippen LogP contribution is 2.44. The van der Waals surface area contributed by atoms with Gasteiger partial charge in [0.15, 0.2) is 0 Å². The van der Waals surface area contributed by atoms with E-state index in [9.17, 15) is 5.26 Å². The molecule has 1 spiro atoms. The fourth-order valence-electron chi connectivity index (χ4n) is 4.15. The van der Waals surface area contributed by atoms with E-state index in [1.165, 1.54) is 5.69 Å². The monoisotopic (exact) mass is 373 g/mol. The van der Waals surface area contributed by atoms with Crippen LogP contribution in [0, 0.1) is 17.9 Å². The van der Waals surface area contributed by atoms with Gasteiger partial charge in [-0.25, -0.2) is 10.1 Å². The van der Waals surface area contributed by atoms with Gasteiger partial charge in [0.1, 0.15) is 11.4 Å². The topological polar surface area (TPSA) is 40.6 Å². The Labute approximate surface area is 168 Å². The van der Waals surface area contributed by atoms with Crippen molar-refractivity contribution in [3.8, 4) is 6.07 Å². The normalized spacial score (nSPS) is 19.6. The summed E-state index contributed by atoms with van der Waals surface area (Å²) >= 11 is 0. The lowest BCUT2D eigenvalue weighted by molar-refractivity contribution is 0.00776. The molecule has 2 aliphatic rings. The highest BCUT2D eigenvalue weighted by atomic mass is 16.5. The number of hydrogen-bond acceptors (Lipinski definition) is 3. The van der Waals surface area contributed by atoms with Gasteiger partial charge in [0.25, 0.3) is 5.70 Å². The maximum atomic E-state index is 9.30. The number of rotatable bonds is 5. The van der Waals surface area contributed by atoms with Crippen LogP contribution in [-0.4, -0.2) is 18.7 Å². The van der Waals surface area contributed by atoms with Crippen LogP contribution in [0.15, 0.2) is 53.4 Å². The van der Waals surface area contributed by atoms with Crippen molar-refractivity contribution in [3.63, 3.8) is 0 Å². The van der Waals surface area contributed by atoms with Gasteiger partial charge in [-0.2, -0.15) is 0 Å². The SMILES string of the molecule is [C-]#[N+]/C(C#N)=C1C=C(/C=C/c2ccc(N(CC)CC)cc2)OC2(CCCC2)C\1. The number of allylic oxidation sites excluding steroid dienone is 3. The largest absolute Gasteiger partial charge is 0.487 e. The molecule has 0 bridgehead atoms. The molecule has 4 nitrogen and oxygen atoms in total. The molecule has 144 valence electrons. The van der Waals surface area contributed by atoms with Gasteiger partial charge in [-0.05, 0) is 75.0 Å². The molecule has 28 heavy (non-hydrogen) atoms. The third kappa shape index (κ3) is 4.29. The number of anilines is 1. The molecule has 4 heteroatoms. The Hall–Kier alpha value is -2.98. The van der Waals surface area contributed by atoms with Crippen molar-refractivity contribution in [1.82, 2.24) is 0 Å². The van der Waals surface area contributed by atoms with Crippen molar-refractivity contribution in [2.75, 3.05) is 18.0 Å². The lowest BCUT2D eigenvalue weighted by Crippen LogP contribution is -2.31. The maximum Gasteiger partial charge on any atom is 0.265 e. The molecule has 0 atom stereocenters. The summed E-state index contributed by atoms with van der Waals surface area (Å²) in [5, 5.41) is 9.30. The summed E-state index contributed by atoms with van der Waals surface area (Å²) in [5.74, 6) is 0.743. The standard InChI is InChI=1S/C24H27N3O/c1-4-27(5-2)21-11-8-19(9-12-21)10-13-22-16-20(23(18-25)26-3)17-24(28-22)14-6-7-15-24/h8-13,16H,4-7,14-15,17H2,1-2H3/b13-10+,23-20+. The number of benzene rings is 1. The van der Waals surface area contributed by atoms with E-state index >= 15 is 0 Å². The Balaban J connectivity index is 1.84. The van der Waals surface area contributed by atoms with Crippen LogP contribution in [0.2, 0.25) is 0 Å². The van der Waals surface area contributed by atoms with Crippen molar-refractivity contribution < 1.29 is 4.74 Å². The Bertz CT molecular complexity index is 852. The van der Waals surface area contributed by atoms with Crippen LogP contribution in [0.5, 0.6) is 0 Å². The van der Waals surface area contributed by atoms with Crippen LogP contribution < -0.4 is 4.90 Å². The van der Waals surface area contributed by atoms with Crippen LogP contribution in [0.4, 0.5) is 5.69 Å². The summed E-state index contributed by atoms with van der Waals surface area (Å²) in [6.07, 6.45) is 10.8. The molecule has 0 amide bonds. The molecule has 1 aromatic rings. The van der Waals surface area contributed by atoms with E-state index in [2.05, 4.69) is 47.9 Å². The third-order valence-corrected chi connectivity index (χ3v) is 5.66. The average molecular weight is 374 g/mol. The van der Waals surface area contributed by atoms with Gasteiger partial charge in [0.2, 0.25) is 0 Å². The number of nitrogens with zero attached hydrogens (tertiary/aromatic N) is 3. The zero-order valence-electron chi connectivity index (χ0n) is 16.7. The van der Waals surface area contributed by atoms with Crippen molar-refractivity contribution >= 4 is 11.8 Å². The Morgan fingerprint density at radius 2 is 1.89 bits per heavy atom. The van der Waals surface area contributed by atoms with Crippen molar-refractivity contribution in [2.45, 2.75) is 51.6 Å². The summed E-state index contributed by atoms with van der Waals surface area (Å²) < 4.78 is 6.34. The van der Waals surface area contributed by atoms with E-state index in [-0.39, 0.29) is 11.3 Å². The predicted molar refractivity (Wildman–Crippen MR) is 113 cm³/mol. The predicted octanol–water partition coefficient (Wildman–Crippen LogP) is 5.86. The van der Waals surface area contributed by atoms with E-state index in [0.717, 1.165) is 55.7 Å². The van der Waals surface area contributed by atoms with Gasteiger partial charge in [-0.1, -0.05) is 18.2 Å². The molecule has 1 fully saturated rings. The summed E-state index contributed by atoms with van der Waals surface area (Å²) in [7, 11) is 0. The third-order valence-electron chi connectivity index (χ3n) is 5.66. The average Bonchev–Trinajstić information content (AvgIpc) is 3.16. The lowest BCUT2D eigenvalue weighted by atomic mass is 9.88. The van der Waals surface area contributed by atoms with E-state index < -0.39 is 0 Å². The van der Waals surface area contributed by atoms with E-state index in [4.69, 9.17) is 11.3 Å². The molecular formula is C24H27N3O. The quantitative estimate of drug-likeness (QED) is 0.479. The smallest absolute Gasteiger partial charge is 0.265 e. The fourth-order valence-corrected chi connectivity index (χ4v) is 4.15. The highest BCUT2D eigenvalue weighted by molar-refractivity contribution is 5.58. The van der Waals surface area contributed by atoms with Gasteiger partial charge >= 0.3 is 0 Å². The second kappa shape index (κ2) is 8.81.